The molecule has 0 spiro atoms. The lowest BCUT2D eigenvalue weighted by atomic mass is 10.1. The molecule has 2 aromatic heterocycles. The zero-order chi connectivity index (χ0) is 11.7. The Morgan fingerprint density at radius 2 is 2.18 bits per heavy atom. The summed E-state index contributed by atoms with van der Waals surface area (Å²) < 4.78 is 6.98. The smallest absolute Gasteiger partial charge is 0.136 e. The Labute approximate surface area is 99.0 Å². The van der Waals surface area contributed by atoms with E-state index in [1.165, 1.54) is 0 Å². The van der Waals surface area contributed by atoms with Gasteiger partial charge in [-0.3, -0.25) is 0 Å². The van der Waals surface area contributed by atoms with Crippen LogP contribution in [0.1, 0.15) is 24.6 Å². The van der Waals surface area contributed by atoms with Crippen LogP contribution in [0.15, 0.2) is 16.8 Å². The molecule has 3 rings (SSSR count). The van der Waals surface area contributed by atoms with Crippen LogP contribution in [0.5, 0.6) is 0 Å². The number of aromatic nitrogens is 4. The molecule has 1 fully saturated rings. The van der Waals surface area contributed by atoms with Crippen molar-refractivity contribution in [2.45, 2.75) is 25.8 Å². The van der Waals surface area contributed by atoms with Gasteiger partial charge >= 0.3 is 0 Å². The first-order chi connectivity index (χ1) is 8.33. The molecule has 0 saturated carbocycles. The van der Waals surface area contributed by atoms with E-state index in [0.29, 0.717) is 6.04 Å². The fourth-order valence-corrected chi connectivity index (χ4v) is 2.13. The topological polar surface area (TPSA) is 68.8 Å². The van der Waals surface area contributed by atoms with Crippen molar-refractivity contribution < 1.29 is 4.52 Å². The summed E-state index contributed by atoms with van der Waals surface area (Å²) in [5.41, 5.74) is 1.53. The highest BCUT2D eigenvalue weighted by Gasteiger charge is 2.17. The fraction of sp³-hybridized carbons (Fsp3) is 0.545. The van der Waals surface area contributed by atoms with Crippen molar-refractivity contribution in [1.82, 2.24) is 25.5 Å². The van der Waals surface area contributed by atoms with Crippen molar-refractivity contribution in [2.75, 3.05) is 13.1 Å². The van der Waals surface area contributed by atoms with Crippen LogP contribution in [-0.2, 0) is 0 Å². The van der Waals surface area contributed by atoms with Crippen molar-refractivity contribution in [3.8, 4) is 11.4 Å². The van der Waals surface area contributed by atoms with Crippen LogP contribution in [0.4, 0.5) is 0 Å². The van der Waals surface area contributed by atoms with Gasteiger partial charge in [-0.25, -0.2) is 4.68 Å². The summed E-state index contributed by atoms with van der Waals surface area (Å²) in [5, 5.41) is 15.6. The fourth-order valence-electron chi connectivity index (χ4n) is 2.13. The molecule has 1 N–H and O–H groups in total. The molecule has 1 saturated heterocycles. The first kappa shape index (κ1) is 10.5. The molecule has 6 nitrogen and oxygen atoms in total. The average molecular weight is 233 g/mol. The highest BCUT2D eigenvalue weighted by molar-refractivity contribution is 5.51. The van der Waals surface area contributed by atoms with E-state index in [2.05, 4.69) is 20.8 Å². The van der Waals surface area contributed by atoms with Gasteiger partial charge < -0.3 is 9.84 Å². The highest BCUT2D eigenvalue weighted by atomic mass is 16.5. The number of hydrogen-bond acceptors (Lipinski definition) is 5. The van der Waals surface area contributed by atoms with E-state index in [9.17, 15) is 0 Å². The maximum absolute atomic E-state index is 5.04. The number of nitrogens with zero attached hydrogens (tertiary/aromatic N) is 4. The molecule has 6 heteroatoms. The van der Waals surface area contributed by atoms with Crippen molar-refractivity contribution in [3.63, 3.8) is 0 Å². The van der Waals surface area contributed by atoms with Gasteiger partial charge in [-0.1, -0.05) is 10.4 Å². The van der Waals surface area contributed by atoms with Gasteiger partial charge in [0.1, 0.15) is 17.1 Å². The van der Waals surface area contributed by atoms with Crippen LogP contribution in [0.2, 0.25) is 0 Å². The SMILES string of the molecule is Cc1cc(-c2cn(C3CCNCC3)nn2)no1. The molecule has 3 heterocycles. The van der Waals surface area contributed by atoms with Gasteiger partial charge in [0, 0.05) is 6.07 Å². The summed E-state index contributed by atoms with van der Waals surface area (Å²) in [6.45, 7) is 3.96. The first-order valence-electron chi connectivity index (χ1n) is 5.89. The second-order valence-corrected chi connectivity index (χ2v) is 4.39. The van der Waals surface area contributed by atoms with Crippen molar-refractivity contribution in [3.05, 3.63) is 18.0 Å². The van der Waals surface area contributed by atoms with Gasteiger partial charge in [-0.05, 0) is 32.9 Å². The minimum Gasteiger partial charge on any atom is -0.361 e. The van der Waals surface area contributed by atoms with E-state index in [1.54, 1.807) is 0 Å². The standard InChI is InChI=1S/C11H15N5O/c1-8-6-10(14-17-8)11-7-16(15-13-11)9-2-4-12-5-3-9/h6-7,9,12H,2-5H2,1H3. The molecule has 0 aromatic carbocycles. The summed E-state index contributed by atoms with van der Waals surface area (Å²) >= 11 is 0. The summed E-state index contributed by atoms with van der Waals surface area (Å²) in [7, 11) is 0. The molecule has 0 unspecified atom stereocenters. The minimum atomic E-state index is 0.450. The molecule has 1 aliphatic rings. The number of piperidine rings is 1. The maximum atomic E-state index is 5.04. The normalized spacial score (nSPS) is 17.5. The average Bonchev–Trinajstić information content (AvgIpc) is 2.98. The second-order valence-electron chi connectivity index (χ2n) is 4.39. The van der Waals surface area contributed by atoms with Crippen LogP contribution in [0, 0.1) is 6.92 Å². The first-order valence-corrected chi connectivity index (χ1v) is 5.89. The van der Waals surface area contributed by atoms with Gasteiger partial charge in [0.25, 0.3) is 0 Å². The largest absolute Gasteiger partial charge is 0.361 e. The van der Waals surface area contributed by atoms with Gasteiger partial charge in [-0.15, -0.1) is 5.10 Å². The third-order valence-electron chi connectivity index (χ3n) is 3.08. The van der Waals surface area contributed by atoms with E-state index >= 15 is 0 Å². The van der Waals surface area contributed by atoms with Gasteiger partial charge in [-0.2, -0.15) is 0 Å². The van der Waals surface area contributed by atoms with E-state index in [-0.39, 0.29) is 0 Å². The Morgan fingerprint density at radius 1 is 1.35 bits per heavy atom. The maximum Gasteiger partial charge on any atom is 0.136 e. The van der Waals surface area contributed by atoms with E-state index < -0.39 is 0 Å². The third kappa shape index (κ3) is 2.08. The zero-order valence-corrected chi connectivity index (χ0v) is 9.76. The molecule has 0 aliphatic carbocycles. The van der Waals surface area contributed by atoms with E-state index in [4.69, 9.17) is 4.52 Å². The van der Waals surface area contributed by atoms with Crippen molar-refractivity contribution in [1.29, 1.82) is 0 Å². The lowest BCUT2D eigenvalue weighted by molar-refractivity contribution is 0.337. The third-order valence-corrected chi connectivity index (χ3v) is 3.08. The Bertz CT molecular complexity index is 497. The molecule has 2 aromatic rings. The molecule has 0 amide bonds. The van der Waals surface area contributed by atoms with Gasteiger partial charge in [0.05, 0.1) is 12.2 Å². The predicted octanol–water partition coefficient (Wildman–Crippen LogP) is 1.17. The van der Waals surface area contributed by atoms with Gasteiger partial charge in [0.15, 0.2) is 0 Å². The lowest BCUT2D eigenvalue weighted by Crippen LogP contribution is -2.29. The summed E-state index contributed by atoms with van der Waals surface area (Å²) in [6.07, 6.45) is 4.15. The quantitative estimate of drug-likeness (QED) is 0.843. The van der Waals surface area contributed by atoms with Crippen LogP contribution in [0.25, 0.3) is 11.4 Å². The van der Waals surface area contributed by atoms with Crippen LogP contribution < -0.4 is 5.32 Å². The Hall–Kier alpha value is -1.69. The molecular formula is C11H15N5O. The number of hydrogen-bond donors (Lipinski definition) is 1. The predicted molar refractivity (Wildman–Crippen MR) is 61.4 cm³/mol. The molecule has 1 aliphatic heterocycles. The van der Waals surface area contributed by atoms with Crippen LogP contribution >= 0.6 is 0 Å². The Morgan fingerprint density at radius 3 is 2.88 bits per heavy atom. The van der Waals surface area contributed by atoms with Crippen LogP contribution in [-0.4, -0.2) is 33.2 Å². The monoisotopic (exact) mass is 233 g/mol. The van der Waals surface area contributed by atoms with Crippen molar-refractivity contribution >= 4 is 0 Å². The van der Waals surface area contributed by atoms with E-state index in [1.807, 2.05) is 23.9 Å². The summed E-state index contributed by atoms with van der Waals surface area (Å²) in [6, 6.07) is 2.32. The zero-order valence-electron chi connectivity index (χ0n) is 9.76. The summed E-state index contributed by atoms with van der Waals surface area (Å²) in [4.78, 5) is 0. The minimum absolute atomic E-state index is 0.450. The molecule has 0 radical (unpaired) electrons. The molecule has 90 valence electrons. The molecule has 0 bridgehead atoms. The highest BCUT2D eigenvalue weighted by Crippen LogP contribution is 2.21. The molecule has 17 heavy (non-hydrogen) atoms. The molecule has 0 atom stereocenters. The summed E-state index contributed by atoms with van der Waals surface area (Å²) in [5.74, 6) is 0.788. The van der Waals surface area contributed by atoms with E-state index in [0.717, 1.165) is 43.1 Å². The Kier molecular flexibility index (Phi) is 2.64. The number of aryl methyl sites for hydroxylation is 1. The Balaban J connectivity index is 1.82. The number of nitrogens with one attached hydrogen (secondary N) is 1. The number of rotatable bonds is 2. The second kappa shape index (κ2) is 4.29. The lowest BCUT2D eigenvalue weighted by Gasteiger charge is -2.21. The van der Waals surface area contributed by atoms with Crippen LogP contribution in [0.3, 0.4) is 0 Å². The van der Waals surface area contributed by atoms with Crippen molar-refractivity contribution in [2.24, 2.45) is 0 Å². The van der Waals surface area contributed by atoms with Gasteiger partial charge in [0.2, 0.25) is 0 Å². The molecular weight excluding hydrogens is 218 g/mol.